The van der Waals surface area contributed by atoms with Crippen molar-refractivity contribution in [1.82, 2.24) is 10.2 Å². The third-order valence-corrected chi connectivity index (χ3v) is 9.61. The maximum atomic E-state index is 14.5. The minimum Gasteiger partial charge on any atom is -0.352 e. The Morgan fingerprint density at radius 2 is 1.38 bits per heavy atom. The summed E-state index contributed by atoms with van der Waals surface area (Å²) in [7, 11) is -4.30. The summed E-state index contributed by atoms with van der Waals surface area (Å²) in [6, 6.07) is 24.8. The van der Waals surface area contributed by atoms with Gasteiger partial charge in [0, 0.05) is 39.1 Å². The topological polar surface area (TPSA) is 86.8 Å². The number of benzene rings is 4. The van der Waals surface area contributed by atoms with Gasteiger partial charge in [-0.3, -0.25) is 13.9 Å². The Balaban J connectivity index is 1.84. The van der Waals surface area contributed by atoms with E-state index < -0.39 is 34.4 Å². The quantitative estimate of drug-likeness (QED) is 0.164. The maximum Gasteiger partial charge on any atom is 0.264 e. The largest absolute Gasteiger partial charge is 0.352 e. The van der Waals surface area contributed by atoms with Crippen LogP contribution in [-0.4, -0.2) is 43.8 Å². The molecule has 0 unspecified atom stereocenters. The van der Waals surface area contributed by atoms with Crippen molar-refractivity contribution in [3.05, 3.63) is 128 Å². The lowest BCUT2D eigenvalue weighted by molar-refractivity contribution is -0.140. The molecule has 0 saturated heterocycles. The predicted molar refractivity (Wildman–Crippen MR) is 182 cm³/mol. The van der Waals surface area contributed by atoms with Crippen LogP contribution in [0.1, 0.15) is 25.0 Å². The molecule has 0 radical (unpaired) electrons. The Morgan fingerprint density at radius 3 is 1.96 bits per heavy atom. The van der Waals surface area contributed by atoms with Crippen LogP contribution in [0.15, 0.2) is 102 Å². The van der Waals surface area contributed by atoms with Crippen LogP contribution in [-0.2, 0) is 32.6 Å². The monoisotopic (exact) mass is 705 g/mol. The SMILES string of the molecule is CC(C)NC(=O)[C@H](Cc1ccccc1)N(Cc1ccc(Cl)cc1Cl)C(=O)CN(c1cc(Cl)cc(Cl)c1)S(=O)(=O)c1ccccc1. The number of nitrogens with one attached hydrogen (secondary N) is 1. The van der Waals surface area contributed by atoms with Crippen molar-refractivity contribution in [3.8, 4) is 0 Å². The first-order valence-electron chi connectivity index (χ1n) is 14.0. The van der Waals surface area contributed by atoms with Gasteiger partial charge < -0.3 is 10.2 Å². The molecule has 0 aliphatic heterocycles. The number of anilines is 1. The van der Waals surface area contributed by atoms with Crippen molar-refractivity contribution in [1.29, 1.82) is 0 Å². The van der Waals surface area contributed by atoms with E-state index in [1.165, 1.54) is 35.2 Å². The van der Waals surface area contributed by atoms with Gasteiger partial charge in [-0.25, -0.2) is 8.42 Å². The van der Waals surface area contributed by atoms with Crippen molar-refractivity contribution in [2.24, 2.45) is 0 Å². The van der Waals surface area contributed by atoms with E-state index in [0.29, 0.717) is 15.6 Å². The molecule has 0 fully saturated rings. The number of sulfonamides is 1. The van der Waals surface area contributed by atoms with Crippen LogP contribution >= 0.6 is 46.4 Å². The number of carbonyl (C=O) groups excluding carboxylic acids is 2. The molecule has 7 nitrogen and oxygen atoms in total. The number of amides is 2. The van der Waals surface area contributed by atoms with Gasteiger partial charge in [0.25, 0.3) is 10.0 Å². The number of nitrogens with zero attached hydrogens (tertiary/aromatic N) is 2. The molecule has 0 heterocycles. The highest BCUT2D eigenvalue weighted by Gasteiger charge is 2.35. The highest BCUT2D eigenvalue weighted by molar-refractivity contribution is 7.92. The molecule has 4 aromatic carbocycles. The van der Waals surface area contributed by atoms with Crippen LogP contribution in [0.3, 0.4) is 0 Å². The Kier molecular flexibility index (Phi) is 11.8. The highest BCUT2D eigenvalue weighted by Crippen LogP contribution is 2.31. The molecular weight excluding hydrogens is 676 g/mol. The molecule has 0 aliphatic carbocycles. The van der Waals surface area contributed by atoms with E-state index >= 15 is 0 Å². The van der Waals surface area contributed by atoms with Crippen LogP contribution in [0.2, 0.25) is 20.1 Å². The van der Waals surface area contributed by atoms with Gasteiger partial charge in [0.2, 0.25) is 11.8 Å². The minimum absolute atomic E-state index is 0.0421. The summed E-state index contributed by atoms with van der Waals surface area (Å²) >= 11 is 25.2. The first-order chi connectivity index (χ1) is 21.3. The van der Waals surface area contributed by atoms with Gasteiger partial charge in [0.15, 0.2) is 0 Å². The summed E-state index contributed by atoms with van der Waals surface area (Å²) in [6.45, 7) is 2.86. The first-order valence-corrected chi connectivity index (χ1v) is 16.9. The van der Waals surface area contributed by atoms with E-state index in [2.05, 4.69) is 5.32 Å². The average molecular weight is 708 g/mol. The van der Waals surface area contributed by atoms with Gasteiger partial charge in [-0.15, -0.1) is 0 Å². The molecule has 2 amide bonds. The first kappa shape index (κ1) is 34.6. The number of carbonyl (C=O) groups is 2. The van der Waals surface area contributed by atoms with Crippen molar-refractivity contribution < 1.29 is 18.0 Å². The fourth-order valence-electron chi connectivity index (χ4n) is 4.70. The van der Waals surface area contributed by atoms with Gasteiger partial charge in [-0.2, -0.15) is 0 Å². The molecule has 12 heteroatoms. The third kappa shape index (κ3) is 9.15. The maximum absolute atomic E-state index is 14.5. The second-order valence-corrected chi connectivity index (χ2v) is 14.2. The number of halogens is 4. The molecule has 4 aromatic rings. The molecule has 0 bridgehead atoms. The zero-order valence-corrected chi connectivity index (χ0v) is 28.3. The van der Waals surface area contributed by atoms with E-state index in [4.69, 9.17) is 46.4 Å². The van der Waals surface area contributed by atoms with Crippen LogP contribution in [0.5, 0.6) is 0 Å². The summed E-state index contributed by atoms with van der Waals surface area (Å²) in [5, 5.41) is 3.96. The molecular formula is C33H31Cl4N3O4S. The van der Waals surface area contributed by atoms with Gasteiger partial charge in [0.05, 0.1) is 10.6 Å². The second-order valence-electron chi connectivity index (χ2n) is 10.6. The Bertz CT molecular complexity index is 1740. The molecule has 0 aliphatic rings. The number of hydrogen-bond acceptors (Lipinski definition) is 4. The third-order valence-electron chi connectivity index (χ3n) is 6.80. The minimum atomic E-state index is -4.30. The molecule has 0 saturated carbocycles. The number of hydrogen-bond donors (Lipinski definition) is 1. The summed E-state index contributed by atoms with van der Waals surface area (Å²) in [6.07, 6.45) is 0.158. The summed E-state index contributed by atoms with van der Waals surface area (Å²) in [5.74, 6) is -1.06. The van der Waals surface area contributed by atoms with Crippen molar-refractivity contribution in [2.75, 3.05) is 10.8 Å². The van der Waals surface area contributed by atoms with Crippen LogP contribution in [0.25, 0.3) is 0 Å². The molecule has 0 spiro atoms. The van der Waals surface area contributed by atoms with Crippen LogP contribution < -0.4 is 9.62 Å². The molecule has 1 N–H and O–H groups in total. The molecule has 45 heavy (non-hydrogen) atoms. The zero-order chi connectivity index (χ0) is 32.7. The lowest BCUT2D eigenvalue weighted by Gasteiger charge is -2.34. The standard InChI is InChI=1S/C33H31Cl4N3O4S/c1-22(2)38-33(42)31(15-23-9-5-3-6-10-23)39(20-24-13-14-25(34)19-30(24)37)32(41)21-40(28-17-26(35)16-27(36)18-28)45(43,44)29-11-7-4-8-12-29/h3-14,16-19,22,31H,15,20-21H2,1-2H3,(H,38,42)/t31-/m0/s1. The van der Waals surface area contributed by atoms with E-state index in [1.54, 1.807) is 36.4 Å². The van der Waals surface area contributed by atoms with Crippen molar-refractivity contribution in [3.63, 3.8) is 0 Å². The van der Waals surface area contributed by atoms with Gasteiger partial charge >= 0.3 is 0 Å². The van der Waals surface area contributed by atoms with Crippen LogP contribution in [0, 0.1) is 0 Å². The number of rotatable bonds is 12. The Morgan fingerprint density at radius 1 is 0.778 bits per heavy atom. The molecule has 1 atom stereocenters. The van der Waals surface area contributed by atoms with E-state index in [-0.39, 0.29) is 39.6 Å². The normalized spacial score (nSPS) is 12.1. The Hall–Kier alpha value is -3.27. The summed E-state index contributed by atoms with van der Waals surface area (Å²) in [4.78, 5) is 29.6. The summed E-state index contributed by atoms with van der Waals surface area (Å²) in [5.41, 5.74) is 1.41. The average Bonchev–Trinajstić information content (AvgIpc) is 2.98. The lowest BCUT2D eigenvalue weighted by Crippen LogP contribution is -2.54. The Labute approximate surface area is 283 Å². The van der Waals surface area contributed by atoms with Gasteiger partial charge in [0.1, 0.15) is 12.6 Å². The lowest BCUT2D eigenvalue weighted by atomic mass is 10.0. The van der Waals surface area contributed by atoms with E-state index in [0.717, 1.165) is 9.87 Å². The summed E-state index contributed by atoms with van der Waals surface area (Å²) < 4.78 is 29.1. The second kappa shape index (κ2) is 15.3. The molecule has 236 valence electrons. The molecule has 4 rings (SSSR count). The predicted octanol–water partition coefficient (Wildman–Crippen LogP) is 7.66. The van der Waals surface area contributed by atoms with E-state index in [1.807, 2.05) is 44.2 Å². The van der Waals surface area contributed by atoms with Crippen molar-refractivity contribution >= 4 is 73.9 Å². The van der Waals surface area contributed by atoms with E-state index in [9.17, 15) is 18.0 Å². The molecule has 0 aromatic heterocycles. The fraction of sp³-hybridized carbons (Fsp3) is 0.212. The van der Waals surface area contributed by atoms with Crippen molar-refractivity contribution in [2.45, 2.75) is 43.8 Å². The fourth-order valence-corrected chi connectivity index (χ4v) is 7.10. The van der Waals surface area contributed by atoms with Crippen LogP contribution in [0.4, 0.5) is 5.69 Å². The van der Waals surface area contributed by atoms with Gasteiger partial charge in [-0.1, -0.05) is 101 Å². The van der Waals surface area contributed by atoms with Gasteiger partial charge in [-0.05, 0) is 67.4 Å². The highest BCUT2D eigenvalue weighted by atomic mass is 35.5. The smallest absolute Gasteiger partial charge is 0.264 e. The zero-order valence-electron chi connectivity index (χ0n) is 24.5.